The van der Waals surface area contributed by atoms with Gasteiger partial charge in [0.05, 0.1) is 12.8 Å². The molecule has 1 atom stereocenters. The van der Waals surface area contributed by atoms with Gasteiger partial charge in [0.25, 0.3) is 5.91 Å². The summed E-state index contributed by atoms with van der Waals surface area (Å²) in [6, 6.07) is 14.1. The van der Waals surface area contributed by atoms with Gasteiger partial charge in [-0.25, -0.2) is 14.2 Å². The molecule has 2 aromatic carbocycles. The molecular weight excluding hydrogens is 399 g/mol. The van der Waals surface area contributed by atoms with Crippen LogP contribution in [0.25, 0.3) is 22.0 Å². The number of imide groups is 1. The van der Waals surface area contributed by atoms with Gasteiger partial charge in [0.15, 0.2) is 5.76 Å². The van der Waals surface area contributed by atoms with Gasteiger partial charge in [-0.2, -0.15) is 0 Å². The largest absolute Gasteiger partial charge is 0.481 e. The number of allylic oxidation sites excluding steroid dienone is 1. The quantitative estimate of drug-likeness (QED) is 0.592. The van der Waals surface area contributed by atoms with Crippen molar-refractivity contribution in [2.75, 3.05) is 7.11 Å². The summed E-state index contributed by atoms with van der Waals surface area (Å²) in [7, 11) is 1.52. The van der Waals surface area contributed by atoms with E-state index in [-0.39, 0.29) is 23.4 Å². The zero-order valence-electron chi connectivity index (χ0n) is 17.3. The Kier molecular flexibility index (Phi) is 5.42. The first-order chi connectivity index (χ1) is 14.9. The fourth-order valence-corrected chi connectivity index (χ4v) is 3.66. The number of benzene rings is 2. The molecule has 1 aliphatic heterocycles. The van der Waals surface area contributed by atoms with E-state index in [2.05, 4.69) is 10.3 Å². The van der Waals surface area contributed by atoms with E-state index in [0.717, 1.165) is 16.5 Å². The third kappa shape index (κ3) is 3.99. The fourth-order valence-electron chi connectivity index (χ4n) is 3.66. The van der Waals surface area contributed by atoms with Crippen molar-refractivity contribution in [2.24, 2.45) is 5.92 Å². The molecule has 4 rings (SSSR count). The van der Waals surface area contributed by atoms with Crippen LogP contribution < -0.4 is 10.1 Å². The van der Waals surface area contributed by atoms with Crippen molar-refractivity contribution < 1.29 is 23.5 Å². The standard InChI is InChI=1S/C24H21FN2O4/c1-13(2)17(12-21-22(28)27-24(29)31-21)16-9-10-20(26-23(16)30-3)15-8-7-14-5-4-6-19(25)18(14)11-15/h4-13,17H,1-3H3,(H,27,28,29)/b21-12+. The van der Waals surface area contributed by atoms with E-state index < -0.39 is 12.0 Å². The number of ether oxygens (including phenoxy) is 2. The predicted molar refractivity (Wildman–Crippen MR) is 114 cm³/mol. The molecule has 1 aromatic heterocycles. The van der Waals surface area contributed by atoms with Crippen molar-refractivity contribution >= 4 is 22.8 Å². The summed E-state index contributed by atoms with van der Waals surface area (Å²) < 4.78 is 24.7. The number of rotatable bonds is 5. The highest BCUT2D eigenvalue weighted by atomic mass is 19.1. The van der Waals surface area contributed by atoms with Crippen molar-refractivity contribution in [1.82, 2.24) is 10.3 Å². The van der Waals surface area contributed by atoms with Crippen LogP contribution in [0.2, 0.25) is 0 Å². The van der Waals surface area contributed by atoms with Gasteiger partial charge in [-0.3, -0.25) is 10.1 Å². The predicted octanol–water partition coefficient (Wildman–Crippen LogP) is 4.94. The molecule has 0 saturated carbocycles. The summed E-state index contributed by atoms with van der Waals surface area (Å²) in [5, 5.41) is 3.42. The lowest BCUT2D eigenvalue weighted by Gasteiger charge is -2.20. The highest BCUT2D eigenvalue weighted by Gasteiger charge is 2.29. The molecule has 0 radical (unpaired) electrons. The lowest BCUT2D eigenvalue weighted by molar-refractivity contribution is -0.116. The average Bonchev–Trinajstić information content (AvgIpc) is 3.08. The second kappa shape index (κ2) is 8.18. The number of fused-ring (bicyclic) bond motifs is 1. The van der Waals surface area contributed by atoms with E-state index >= 15 is 0 Å². The summed E-state index contributed by atoms with van der Waals surface area (Å²) in [5.74, 6) is -0.740. The first kappa shape index (κ1) is 20.5. The number of cyclic esters (lactones) is 1. The Morgan fingerprint density at radius 2 is 1.94 bits per heavy atom. The number of halogens is 1. The topological polar surface area (TPSA) is 77.5 Å². The molecule has 2 heterocycles. The zero-order chi connectivity index (χ0) is 22.1. The van der Waals surface area contributed by atoms with Crippen LogP contribution in [-0.2, 0) is 9.53 Å². The second-order valence-corrected chi connectivity index (χ2v) is 7.62. The van der Waals surface area contributed by atoms with E-state index in [1.165, 1.54) is 13.2 Å². The van der Waals surface area contributed by atoms with Gasteiger partial charge >= 0.3 is 6.09 Å². The molecule has 0 aliphatic carbocycles. The Hall–Kier alpha value is -3.74. The van der Waals surface area contributed by atoms with E-state index in [4.69, 9.17) is 9.47 Å². The lowest BCUT2D eigenvalue weighted by atomic mass is 9.88. The lowest BCUT2D eigenvalue weighted by Crippen LogP contribution is -2.19. The van der Waals surface area contributed by atoms with Gasteiger partial charge in [0.1, 0.15) is 5.82 Å². The highest BCUT2D eigenvalue weighted by molar-refractivity contribution is 6.07. The zero-order valence-corrected chi connectivity index (χ0v) is 17.3. The number of amides is 2. The molecule has 1 N–H and O–H groups in total. The summed E-state index contributed by atoms with van der Waals surface area (Å²) in [6.07, 6.45) is 0.818. The van der Waals surface area contributed by atoms with E-state index in [0.29, 0.717) is 17.0 Å². The molecule has 0 spiro atoms. The minimum Gasteiger partial charge on any atom is -0.481 e. The molecule has 1 unspecified atom stereocenters. The first-order valence-electron chi connectivity index (χ1n) is 9.86. The van der Waals surface area contributed by atoms with Crippen molar-refractivity contribution in [1.29, 1.82) is 0 Å². The normalized spacial score (nSPS) is 16.0. The number of methoxy groups -OCH3 is 1. The molecule has 1 aliphatic rings. The monoisotopic (exact) mass is 420 g/mol. The number of aromatic nitrogens is 1. The molecule has 1 saturated heterocycles. The van der Waals surface area contributed by atoms with Gasteiger partial charge in [0.2, 0.25) is 5.88 Å². The molecule has 7 heteroatoms. The Morgan fingerprint density at radius 1 is 1.13 bits per heavy atom. The van der Waals surface area contributed by atoms with Crippen molar-refractivity contribution in [3.63, 3.8) is 0 Å². The maximum atomic E-state index is 14.2. The van der Waals surface area contributed by atoms with E-state index in [1.807, 2.05) is 44.2 Å². The Bertz CT molecular complexity index is 1220. The Morgan fingerprint density at radius 3 is 2.61 bits per heavy atom. The molecular formula is C24H21FN2O4. The Balaban J connectivity index is 1.75. The second-order valence-electron chi connectivity index (χ2n) is 7.62. The number of alkyl carbamates (subject to hydrolysis) is 1. The van der Waals surface area contributed by atoms with Crippen LogP contribution in [-0.4, -0.2) is 24.1 Å². The van der Waals surface area contributed by atoms with Crippen LogP contribution in [0.1, 0.15) is 25.3 Å². The van der Waals surface area contributed by atoms with Gasteiger partial charge in [-0.05, 0) is 35.6 Å². The minimum absolute atomic E-state index is 0.0418. The minimum atomic E-state index is -0.789. The molecule has 6 nitrogen and oxygen atoms in total. The van der Waals surface area contributed by atoms with E-state index in [1.54, 1.807) is 18.2 Å². The number of nitrogens with one attached hydrogen (secondary N) is 1. The summed E-state index contributed by atoms with van der Waals surface area (Å²) >= 11 is 0. The van der Waals surface area contributed by atoms with Gasteiger partial charge < -0.3 is 9.47 Å². The van der Waals surface area contributed by atoms with Crippen LogP contribution in [0.4, 0.5) is 9.18 Å². The van der Waals surface area contributed by atoms with Crippen molar-refractivity contribution in [2.45, 2.75) is 19.8 Å². The van der Waals surface area contributed by atoms with Crippen LogP contribution in [0.15, 0.2) is 60.4 Å². The number of nitrogens with zero attached hydrogens (tertiary/aromatic N) is 1. The maximum Gasteiger partial charge on any atom is 0.419 e. The van der Waals surface area contributed by atoms with Gasteiger partial charge in [0, 0.05) is 22.4 Å². The molecule has 2 amide bonds. The fraction of sp³-hybridized carbons (Fsp3) is 0.208. The highest BCUT2D eigenvalue weighted by Crippen LogP contribution is 2.35. The van der Waals surface area contributed by atoms with Gasteiger partial charge in [-0.1, -0.05) is 44.2 Å². The first-order valence-corrected chi connectivity index (χ1v) is 9.86. The summed E-state index contributed by atoms with van der Waals surface area (Å²) in [5.41, 5.74) is 2.13. The SMILES string of the molecule is COc1nc(-c2ccc3cccc(F)c3c2)ccc1C(/C=C1/OC(=O)NC1=O)C(C)C. The van der Waals surface area contributed by atoms with Crippen LogP contribution in [0, 0.1) is 11.7 Å². The smallest absolute Gasteiger partial charge is 0.419 e. The number of carbonyl (C=O) groups excluding carboxylic acids is 2. The number of carbonyl (C=O) groups is 2. The molecule has 1 fully saturated rings. The van der Waals surface area contributed by atoms with Crippen LogP contribution in [0.5, 0.6) is 5.88 Å². The number of hydrogen-bond acceptors (Lipinski definition) is 5. The van der Waals surface area contributed by atoms with E-state index in [9.17, 15) is 14.0 Å². The third-order valence-corrected chi connectivity index (χ3v) is 5.26. The average molecular weight is 420 g/mol. The number of pyridine rings is 1. The molecule has 3 aromatic rings. The summed E-state index contributed by atoms with van der Waals surface area (Å²) in [4.78, 5) is 27.9. The molecule has 31 heavy (non-hydrogen) atoms. The molecule has 0 bridgehead atoms. The maximum absolute atomic E-state index is 14.2. The number of hydrogen-bond donors (Lipinski definition) is 1. The van der Waals surface area contributed by atoms with Crippen LogP contribution in [0.3, 0.4) is 0 Å². The molecule has 158 valence electrons. The van der Waals surface area contributed by atoms with Gasteiger partial charge in [-0.15, -0.1) is 0 Å². The summed E-state index contributed by atoms with van der Waals surface area (Å²) in [6.45, 7) is 3.96. The third-order valence-electron chi connectivity index (χ3n) is 5.26. The Labute approximate surface area is 178 Å². The van der Waals surface area contributed by atoms with Crippen molar-refractivity contribution in [3.8, 4) is 17.1 Å². The van der Waals surface area contributed by atoms with Crippen molar-refractivity contribution in [3.05, 3.63) is 71.7 Å². The van der Waals surface area contributed by atoms with Crippen LogP contribution >= 0.6 is 0 Å².